The standard InChI is InChI=1S/C4H13NOSi/c1-4-7(5-2)6-3/h5,7H,4H2,1-3H3. The van der Waals surface area contributed by atoms with Crippen molar-refractivity contribution in [2.75, 3.05) is 14.2 Å². The Kier molecular flexibility index (Phi) is 4.38. The van der Waals surface area contributed by atoms with E-state index < -0.39 is 9.20 Å². The Morgan fingerprint density at radius 1 is 1.71 bits per heavy atom. The highest BCUT2D eigenvalue weighted by atomic mass is 28.3. The van der Waals surface area contributed by atoms with Gasteiger partial charge in [0.15, 0.2) is 0 Å². The molecule has 0 aromatic heterocycles. The van der Waals surface area contributed by atoms with Crippen LogP contribution in [0.2, 0.25) is 6.04 Å². The maximum atomic E-state index is 5.08. The molecule has 0 heterocycles. The van der Waals surface area contributed by atoms with Crippen molar-refractivity contribution in [2.45, 2.75) is 13.0 Å². The topological polar surface area (TPSA) is 21.3 Å². The fourth-order valence-corrected chi connectivity index (χ4v) is 1.47. The number of hydrogen-bond acceptors (Lipinski definition) is 2. The van der Waals surface area contributed by atoms with E-state index in [1.807, 2.05) is 7.05 Å². The molecule has 0 bridgehead atoms. The lowest BCUT2D eigenvalue weighted by molar-refractivity contribution is 0.411. The molecular weight excluding hydrogens is 106 g/mol. The highest BCUT2D eigenvalue weighted by Gasteiger charge is 1.99. The summed E-state index contributed by atoms with van der Waals surface area (Å²) in [5.74, 6) is 0. The largest absolute Gasteiger partial charge is 0.409 e. The molecule has 2 nitrogen and oxygen atoms in total. The summed E-state index contributed by atoms with van der Waals surface area (Å²) in [6, 6.07) is 1.16. The second-order valence-corrected chi connectivity index (χ2v) is 4.26. The van der Waals surface area contributed by atoms with Crippen LogP contribution < -0.4 is 4.98 Å². The molecule has 0 radical (unpaired) electrons. The Labute approximate surface area is 46.7 Å². The van der Waals surface area contributed by atoms with Crippen LogP contribution in [0.1, 0.15) is 6.92 Å². The van der Waals surface area contributed by atoms with Gasteiger partial charge in [-0.3, -0.25) is 0 Å². The van der Waals surface area contributed by atoms with Gasteiger partial charge in [0.2, 0.25) is 0 Å². The Hall–Kier alpha value is 0.137. The summed E-state index contributed by atoms with van der Waals surface area (Å²) in [4.78, 5) is 3.12. The van der Waals surface area contributed by atoms with Gasteiger partial charge in [0.1, 0.15) is 0 Å². The summed E-state index contributed by atoms with van der Waals surface area (Å²) in [6.07, 6.45) is 0. The van der Waals surface area contributed by atoms with Gasteiger partial charge in [0.05, 0.1) is 0 Å². The van der Waals surface area contributed by atoms with E-state index in [1.54, 1.807) is 7.11 Å². The molecule has 0 aromatic carbocycles. The quantitative estimate of drug-likeness (QED) is 0.532. The summed E-state index contributed by atoms with van der Waals surface area (Å²) in [5, 5.41) is 0. The smallest absolute Gasteiger partial charge is 0.251 e. The van der Waals surface area contributed by atoms with Crippen LogP contribution in [-0.4, -0.2) is 23.4 Å². The first-order valence-electron chi connectivity index (χ1n) is 2.55. The van der Waals surface area contributed by atoms with Crippen molar-refractivity contribution in [3.8, 4) is 0 Å². The summed E-state index contributed by atoms with van der Waals surface area (Å²) >= 11 is 0. The third-order valence-electron chi connectivity index (χ3n) is 0.977. The molecular formula is C4H13NOSi. The van der Waals surface area contributed by atoms with Crippen molar-refractivity contribution in [1.82, 2.24) is 4.98 Å². The molecule has 0 saturated carbocycles. The summed E-state index contributed by atoms with van der Waals surface area (Å²) in [5.41, 5.74) is 0. The van der Waals surface area contributed by atoms with Gasteiger partial charge < -0.3 is 9.41 Å². The third-order valence-corrected chi connectivity index (χ3v) is 2.93. The van der Waals surface area contributed by atoms with Gasteiger partial charge >= 0.3 is 0 Å². The normalized spacial score (nSPS) is 14.1. The molecule has 1 N–H and O–H groups in total. The van der Waals surface area contributed by atoms with Crippen LogP contribution in [-0.2, 0) is 4.43 Å². The first-order chi connectivity index (χ1) is 3.35. The number of hydrogen-bond donors (Lipinski definition) is 1. The van der Waals surface area contributed by atoms with Crippen molar-refractivity contribution in [1.29, 1.82) is 0 Å². The molecule has 7 heavy (non-hydrogen) atoms. The van der Waals surface area contributed by atoms with Crippen molar-refractivity contribution in [3.63, 3.8) is 0 Å². The van der Waals surface area contributed by atoms with Crippen LogP contribution in [0.4, 0.5) is 0 Å². The van der Waals surface area contributed by atoms with E-state index in [-0.39, 0.29) is 0 Å². The fourth-order valence-electron chi connectivity index (χ4n) is 0.489. The molecule has 44 valence electrons. The monoisotopic (exact) mass is 119 g/mol. The molecule has 0 spiro atoms. The minimum atomic E-state index is -0.921. The van der Waals surface area contributed by atoms with Crippen LogP contribution in [0.15, 0.2) is 0 Å². The molecule has 0 aliphatic rings. The highest BCUT2D eigenvalue weighted by molar-refractivity contribution is 6.48. The lowest BCUT2D eigenvalue weighted by Crippen LogP contribution is -2.31. The predicted molar refractivity (Wildman–Crippen MR) is 33.7 cm³/mol. The Bertz CT molecular complexity index is 33.2. The van der Waals surface area contributed by atoms with Gasteiger partial charge in [-0.05, 0) is 13.1 Å². The van der Waals surface area contributed by atoms with Gasteiger partial charge in [-0.25, -0.2) is 0 Å². The van der Waals surface area contributed by atoms with Crippen molar-refractivity contribution >= 4 is 9.20 Å². The van der Waals surface area contributed by atoms with Gasteiger partial charge in [0, 0.05) is 7.11 Å². The third kappa shape index (κ3) is 2.79. The van der Waals surface area contributed by atoms with Crippen LogP contribution in [0.25, 0.3) is 0 Å². The molecule has 0 aliphatic heterocycles. The zero-order valence-corrected chi connectivity index (χ0v) is 6.35. The fraction of sp³-hybridized carbons (Fsp3) is 1.00. The van der Waals surface area contributed by atoms with E-state index in [9.17, 15) is 0 Å². The van der Waals surface area contributed by atoms with E-state index in [2.05, 4.69) is 11.9 Å². The zero-order chi connectivity index (χ0) is 5.70. The van der Waals surface area contributed by atoms with Gasteiger partial charge in [-0.2, -0.15) is 0 Å². The highest BCUT2D eigenvalue weighted by Crippen LogP contribution is 1.82. The average molecular weight is 119 g/mol. The Morgan fingerprint density at radius 2 is 2.29 bits per heavy atom. The van der Waals surface area contributed by atoms with Crippen LogP contribution in [0.3, 0.4) is 0 Å². The zero-order valence-electron chi connectivity index (χ0n) is 5.19. The van der Waals surface area contributed by atoms with Crippen molar-refractivity contribution in [2.24, 2.45) is 0 Å². The van der Waals surface area contributed by atoms with Crippen LogP contribution in [0.5, 0.6) is 0 Å². The molecule has 0 fully saturated rings. The average Bonchev–Trinajstić information content (AvgIpc) is 1.72. The van der Waals surface area contributed by atoms with Crippen LogP contribution in [0, 0.1) is 0 Å². The molecule has 0 saturated heterocycles. The maximum Gasteiger partial charge on any atom is 0.251 e. The summed E-state index contributed by atoms with van der Waals surface area (Å²) in [6.45, 7) is 2.14. The minimum absolute atomic E-state index is 0.921. The molecule has 0 rings (SSSR count). The van der Waals surface area contributed by atoms with Gasteiger partial charge in [-0.1, -0.05) is 6.92 Å². The van der Waals surface area contributed by atoms with E-state index in [4.69, 9.17) is 4.43 Å². The van der Waals surface area contributed by atoms with Crippen molar-refractivity contribution < 1.29 is 4.43 Å². The summed E-state index contributed by atoms with van der Waals surface area (Å²) in [7, 11) is 2.79. The van der Waals surface area contributed by atoms with E-state index >= 15 is 0 Å². The summed E-state index contributed by atoms with van der Waals surface area (Å²) < 4.78 is 5.08. The van der Waals surface area contributed by atoms with Crippen molar-refractivity contribution in [3.05, 3.63) is 0 Å². The predicted octanol–water partition coefficient (Wildman–Crippen LogP) is 0.0926. The number of rotatable bonds is 3. The molecule has 0 amide bonds. The van der Waals surface area contributed by atoms with Crippen LogP contribution >= 0.6 is 0 Å². The molecule has 0 aliphatic carbocycles. The molecule has 0 aromatic rings. The minimum Gasteiger partial charge on any atom is -0.409 e. The van der Waals surface area contributed by atoms with Gasteiger partial charge in [0.25, 0.3) is 9.20 Å². The van der Waals surface area contributed by atoms with Gasteiger partial charge in [-0.15, -0.1) is 0 Å². The lowest BCUT2D eigenvalue weighted by Gasteiger charge is -2.06. The second kappa shape index (κ2) is 4.30. The lowest BCUT2D eigenvalue weighted by atomic mass is 11.0. The van der Waals surface area contributed by atoms with E-state index in [0.717, 1.165) is 6.04 Å². The Morgan fingerprint density at radius 3 is 2.29 bits per heavy atom. The first-order valence-corrected chi connectivity index (χ1v) is 4.41. The molecule has 3 heteroatoms. The Balaban J connectivity index is 2.99. The second-order valence-electron chi connectivity index (χ2n) is 1.42. The first kappa shape index (κ1) is 7.14. The molecule has 1 atom stereocenters. The maximum absolute atomic E-state index is 5.08. The van der Waals surface area contributed by atoms with E-state index in [1.165, 1.54) is 0 Å². The van der Waals surface area contributed by atoms with E-state index in [0.29, 0.717) is 0 Å². The SMILES string of the molecule is CC[SiH](NC)OC. The molecule has 1 unspecified atom stereocenters. The number of nitrogens with one attached hydrogen (secondary N) is 1.